The van der Waals surface area contributed by atoms with Crippen LogP contribution < -0.4 is 10.5 Å². The normalized spacial score (nSPS) is 14.6. The van der Waals surface area contributed by atoms with Crippen LogP contribution in [0.2, 0.25) is 5.02 Å². The number of carboxylic acid groups (broad SMARTS) is 1. The highest BCUT2D eigenvalue weighted by molar-refractivity contribution is 6.30. The molecule has 2 atom stereocenters. The van der Waals surface area contributed by atoms with Crippen molar-refractivity contribution in [2.75, 3.05) is 12.8 Å². The number of hydrogen-bond donors (Lipinski definition) is 2. The van der Waals surface area contributed by atoms with Gasteiger partial charge >= 0.3 is 5.97 Å². The van der Waals surface area contributed by atoms with Gasteiger partial charge in [-0.2, -0.15) is 0 Å². The molecule has 0 spiro atoms. The zero-order chi connectivity index (χ0) is 18.6. The highest BCUT2D eigenvalue weighted by atomic mass is 35.5. The number of anilines is 1. The summed E-state index contributed by atoms with van der Waals surface area (Å²) in [6, 6.07) is 12.8. The molecule has 0 radical (unpaired) electrons. The summed E-state index contributed by atoms with van der Waals surface area (Å²) in [5, 5.41) is 10.5. The summed E-state index contributed by atoms with van der Waals surface area (Å²) in [5.74, 6) is -0.337. The molecule has 0 saturated carbocycles. The Morgan fingerprint density at radius 2 is 1.92 bits per heavy atom. The van der Waals surface area contributed by atoms with E-state index in [1.54, 1.807) is 26.2 Å². The topological polar surface area (TPSA) is 72.5 Å². The predicted molar refractivity (Wildman–Crippen MR) is 101 cm³/mol. The molecule has 0 amide bonds. The first-order valence-electron chi connectivity index (χ1n) is 8.23. The summed E-state index contributed by atoms with van der Waals surface area (Å²) in [7, 11) is 1.60. The Morgan fingerprint density at radius 1 is 1.28 bits per heavy atom. The molecule has 0 aliphatic heterocycles. The first kappa shape index (κ1) is 19.1. The van der Waals surface area contributed by atoms with Crippen LogP contribution in [0, 0.1) is 5.41 Å². The summed E-state index contributed by atoms with van der Waals surface area (Å²) in [5.41, 5.74) is 7.58. The molecular formula is C20H24ClNO3. The number of rotatable bonds is 7. The van der Waals surface area contributed by atoms with Gasteiger partial charge in [0.2, 0.25) is 0 Å². The average Bonchev–Trinajstić information content (AvgIpc) is 2.61. The summed E-state index contributed by atoms with van der Waals surface area (Å²) in [6.07, 6.45) is 0.995. The Kier molecular flexibility index (Phi) is 5.96. The van der Waals surface area contributed by atoms with E-state index in [4.69, 9.17) is 22.1 Å². The molecule has 25 heavy (non-hydrogen) atoms. The minimum Gasteiger partial charge on any atom is -0.497 e. The van der Waals surface area contributed by atoms with E-state index in [1.165, 1.54) is 0 Å². The maximum atomic E-state index is 12.1. The van der Waals surface area contributed by atoms with Gasteiger partial charge in [0.1, 0.15) is 5.75 Å². The number of halogens is 1. The first-order chi connectivity index (χ1) is 11.8. The number of nitrogens with two attached hydrogens (primary N) is 1. The Morgan fingerprint density at radius 3 is 2.44 bits per heavy atom. The van der Waals surface area contributed by atoms with E-state index in [2.05, 4.69) is 0 Å². The standard InChI is InChI=1S/C20H24ClNO3/c1-4-20(2,19(23)24)17(13-5-8-16(25-3)9-6-13)12-14-11-15(21)7-10-18(14)22/h5-11,17H,4,12,22H2,1-3H3,(H,23,24). The van der Waals surface area contributed by atoms with Crippen molar-refractivity contribution in [3.05, 3.63) is 58.6 Å². The first-order valence-corrected chi connectivity index (χ1v) is 8.60. The lowest BCUT2D eigenvalue weighted by atomic mass is 9.69. The van der Waals surface area contributed by atoms with Gasteiger partial charge in [-0.15, -0.1) is 0 Å². The van der Waals surface area contributed by atoms with Gasteiger partial charge in [-0.1, -0.05) is 30.7 Å². The second kappa shape index (κ2) is 7.79. The molecule has 2 aromatic carbocycles. The van der Waals surface area contributed by atoms with Crippen molar-refractivity contribution in [2.24, 2.45) is 5.41 Å². The molecule has 0 aliphatic rings. The molecule has 3 N–H and O–H groups in total. The van der Waals surface area contributed by atoms with Gasteiger partial charge in [-0.05, 0) is 61.2 Å². The summed E-state index contributed by atoms with van der Waals surface area (Å²) in [4.78, 5) is 12.1. The fourth-order valence-electron chi connectivity index (χ4n) is 3.06. The maximum absolute atomic E-state index is 12.1. The number of hydrogen-bond acceptors (Lipinski definition) is 3. The summed E-state index contributed by atoms with van der Waals surface area (Å²) < 4.78 is 5.21. The van der Waals surface area contributed by atoms with E-state index in [9.17, 15) is 9.90 Å². The molecule has 0 aromatic heterocycles. The van der Waals surface area contributed by atoms with E-state index in [-0.39, 0.29) is 5.92 Å². The van der Waals surface area contributed by atoms with Crippen molar-refractivity contribution >= 4 is 23.3 Å². The van der Waals surface area contributed by atoms with Crippen molar-refractivity contribution in [2.45, 2.75) is 32.6 Å². The van der Waals surface area contributed by atoms with Gasteiger partial charge in [0.15, 0.2) is 0 Å². The highest BCUT2D eigenvalue weighted by Gasteiger charge is 2.41. The molecule has 4 nitrogen and oxygen atoms in total. The van der Waals surface area contributed by atoms with Gasteiger partial charge in [0.25, 0.3) is 0 Å². The van der Waals surface area contributed by atoms with Crippen molar-refractivity contribution < 1.29 is 14.6 Å². The number of aliphatic carboxylic acids is 1. The molecule has 0 aliphatic carbocycles. The molecule has 5 heteroatoms. The number of ether oxygens (including phenoxy) is 1. The Bertz CT molecular complexity index is 745. The van der Waals surface area contributed by atoms with Crippen LogP contribution in [0.4, 0.5) is 5.69 Å². The predicted octanol–water partition coefficient (Wildman–Crippen LogP) is 4.76. The second-order valence-corrected chi connectivity index (χ2v) is 6.89. The summed E-state index contributed by atoms with van der Waals surface area (Å²) >= 11 is 6.11. The van der Waals surface area contributed by atoms with Crippen molar-refractivity contribution in [3.8, 4) is 5.75 Å². The van der Waals surface area contributed by atoms with Crippen LogP contribution in [0.25, 0.3) is 0 Å². The van der Waals surface area contributed by atoms with Crippen LogP contribution in [0.3, 0.4) is 0 Å². The van der Waals surface area contributed by atoms with Crippen LogP contribution in [0.1, 0.15) is 37.3 Å². The Hall–Kier alpha value is -2.20. The number of carbonyl (C=O) groups is 1. The van der Waals surface area contributed by atoms with Crippen molar-refractivity contribution in [1.82, 2.24) is 0 Å². The van der Waals surface area contributed by atoms with Gasteiger partial charge in [-0.3, -0.25) is 4.79 Å². The van der Waals surface area contributed by atoms with Gasteiger partial charge in [0.05, 0.1) is 12.5 Å². The number of methoxy groups -OCH3 is 1. The number of benzene rings is 2. The minimum absolute atomic E-state index is 0.248. The van der Waals surface area contributed by atoms with Crippen molar-refractivity contribution in [3.63, 3.8) is 0 Å². The van der Waals surface area contributed by atoms with E-state index >= 15 is 0 Å². The van der Waals surface area contributed by atoms with Crippen LogP contribution >= 0.6 is 11.6 Å². The van der Waals surface area contributed by atoms with Gasteiger partial charge in [0, 0.05) is 16.6 Å². The van der Waals surface area contributed by atoms with E-state index < -0.39 is 11.4 Å². The molecule has 0 bridgehead atoms. The fourth-order valence-corrected chi connectivity index (χ4v) is 3.26. The zero-order valence-corrected chi connectivity index (χ0v) is 15.5. The third-order valence-corrected chi connectivity index (χ3v) is 5.27. The molecule has 2 aromatic rings. The lowest BCUT2D eigenvalue weighted by Crippen LogP contribution is -2.35. The monoisotopic (exact) mass is 361 g/mol. The number of nitrogen functional groups attached to an aromatic ring is 1. The zero-order valence-electron chi connectivity index (χ0n) is 14.8. The Balaban J connectivity index is 2.51. The quantitative estimate of drug-likeness (QED) is 0.697. The van der Waals surface area contributed by atoms with E-state index in [1.807, 2.05) is 37.3 Å². The fraction of sp³-hybridized carbons (Fsp3) is 0.350. The van der Waals surface area contributed by atoms with E-state index in [0.717, 1.165) is 16.9 Å². The van der Waals surface area contributed by atoms with Crippen LogP contribution in [0.15, 0.2) is 42.5 Å². The van der Waals surface area contributed by atoms with E-state index in [0.29, 0.717) is 23.6 Å². The third kappa shape index (κ3) is 4.07. The molecule has 0 heterocycles. The van der Waals surface area contributed by atoms with Crippen LogP contribution in [-0.4, -0.2) is 18.2 Å². The van der Waals surface area contributed by atoms with Crippen molar-refractivity contribution in [1.29, 1.82) is 0 Å². The average molecular weight is 362 g/mol. The molecule has 2 rings (SSSR count). The Labute approximate surface area is 153 Å². The lowest BCUT2D eigenvalue weighted by Gasteiger charge is -2.34. The molecular weight excluding hydrogens is 338 g/mol. The molecule has 134 valence electrons. The third-order valence-electron chi connectivity index (χ3n) is 5.04. The SMILES string of the molecule is CCC(C)(C(=O)O)C(Cc1cc(Cl)ccc1N)c1ccc(OC)cc1. The minimum atomic E-state index is -0.927. The maximum Gasteiger partial charge on any atom is 0.309 e. The van der Waals surface area contributed by atoms with Gasteiger partial charge < -0.3 is 15.6 Å². The summed E-state index contributed by atoms with van der Waals surface area (Å²) in [6.45, 7) is 3.68. The molecule has 0 fully saturated rings. The number of carboxylic acids is 1. The lowest BCUT2D eigenvalue weighted by molar-refractivity contribution is -0.149. The van der Waals surface area contributed by atoms with Gasteiger partial charge in [-0.25, -0.2) is 0 Å². The largest absolute Gasteiger partial charge is 0.497 e. The smallest absolute Gasteiger partial charge is 0.309 e. The highest BCUT2D eigenvalue weighted by Crippen LogP contribution is 2.42. The van der Waals surface area contributed by atoms with Crippen LogP contribution in [-0.2, 0) is 11.2 Å². The second-order valence-electron chi connectivity index (χ2n) is 6.45. The molecule has 2 unspecified atom stereocenters. The molecule has 0 saturated heterocycles. The van der Waals surface area contributed by atoms with Crippen LogP contribution in [0.5, 0.6) is 5.75 Å².